The van der Waals surface area contributed by atoms with Gasteiger partial charge in [-0.25, -0.2) is 0 Å². The van der Waals surface area contributed by atoms with Gasteiger partial charge in [-0.3, -0.25) is 4.79 Å². The first-order valence-electron chi connectivity index (χ1n) is 6.17. The van der Waals surface area contributed by atoms with Crippen LogP contribution < -0.4 is 14.8 Å². The van der Waals surface area contributed by atoms with E-state index in [1.165, 1.54) is 0 Å². The number of methoxy groups -OCH3 is 2. The summed E-state index contributed by atoms with van der Waals surface area (Å²) < 4.78 is 10.5. The van der Waals surface area contributed by atoms with Gasteiger partial charge in [-0.05, 0) is 32.4 Å². The highest BCUT2D eigenvalue weighted by atomic mass is 16.5. The summed E-state index contributed by atoms with van der Waals surface area (Å²) in [6, 6.07) is 3.27. The van der Waals surface area contributed by atoms with Gasteiger partial charge in [0.25, 0.3) is 5.91 Å². The first-order chi connectivity index (χ1) is 9.03. The van der Waals surface area contributed by atoms with Gasteiger partial charge in [0, 0.05) is 23.8 Å². The van der Waals surface area contributed by atoms with Gasteiger partial charge >= 0.3 is 0 Å². The Morgan fingerprint density at radius 2 is 1.84 bits per heavy atom. The van der Waals surface area contributed by atoms with Crippen LogP contribution in [0.5, 0.6) is 11.5 Å². The molecule has 106 valence electrons. The van der Waals surface area contributed by atoms with E-state index >= 15 is 0 Å². The average molecular weight is 267 g/mol. The Morgan fingerprint density at radius 1 is 1.32 bits per heavy atom. The zero-order valence-corrected chi connectivity index (χ0v) is 11.8. The van der Waals surface area contributed by atoms with E-state index in [-0.39, 0.29) is 18.6 Å². The maximum Gasteiger partial charge on any atom is 0.251 e. The molecule has 5 nitrogen and oxygen atoms in total. The van der Waals surface area contributed by atoms with E-state index in [9.17, 15) is 4.79 Å². The van der Waals surface area contributed by atoms with Gasteiger partial charge < -0.3 is 19.9 Å². The number of carbonyl (C=O) groups is 1. The summed E-state index contributed by atoms with van der Waals surface area (Å²) in [6.07, 6.45) is 0.520. The molecular weight excluding hydrogens is 246 g/mol. The van der Waals surface area contributed by atoms with E-state index < -0.39 is 0 Å². The monoisotopic (exact) mass is 267 g/mol. The minimum absolute atomic E-state index is 0.0436. The minimum Gasteiger partial charge on any atom is -0.496 e. The number of benzene rings is 1. The van der Waals surface area contributed by atoms with Gasteiger partial charge in [0.2, 0.25) is 0 Å². The summed E-state index contributed by atoms with van der Waals surface area (Å²) in [5.41, 5.74) is 1.33. The molecule has 0 saturated heterocycles. The van der Waals surface area contributed by atoms with Crippen LogP contribution in [0.2, 0.25) is 0 Å². The molecule has 2 N–H and O–H groups in total. The molecule has 0 aliphatic carbocycles. The summed E-state index contributed by atoms with van der Waals surface area (Å²) in [4.78, 5) is 12.1. The molecule has 0 radical (unpaired) electrons. The fourth-order valence-corrected chi connectivity index (χ4v) is 1.79. The molecule has 1 amide bonds. The fourth-order valence-electron chi connectivity index (χ4n) is 1.79. The summed E-state index contributed by atoms with van der Waals surface area (Å²) >= 11 is 0. The Morgan fingerprint density at radius 3 is 2.26 bits per heavy atom. The lowest BCUT2D eigenvalue weighted by Gasteiger charge is -2.15. The van der Waals surface area contributed by atoms with Gasteiger partial charge in [-0.1, -0.05) is 0 Å². The SMILES string of the molecule is COc1cc(C(=O)NC(C)CCO)cc(OC)c1C. The predicted molar refractivity (Wildman–Crippen MR) is 72.9 cm³/mol. The van der Waals surface area contributed by atoms with E-state index in [0.29, 0.717) is 23.5 Å². The van der Waals surface area contributed by atoms with E-state index in [0.717, 1.165) is 5.56 Å². The van der Waals surface area contributed by atoms with Crippen LogP contribution in [0.15, 0.2) is 12.1 Å². The third kappa shape index (κ3) is 3.86. The Balaban J connectivity index is 2.97. The van der Waals surface area contributed by atoms with Crippen LogP contribution in [0.1, 0.15) is 29.3 Å². The first kappa shape index (κ1) is 15.3. The van der Waals surface area contributed by atoms with Crippen LogP contribution in [0, 0.1) is 6.92 Å². The Bertz CT molecular complexity index is 420. The summed E-state index contributed by atoms with van der Waals surface area (Å²) in [7, 11) is 3.11. The van der Waals surface area contributed by atoms with E-state index in [4.69, 9.17) is 14.6 Å². The van der Waals surface area contributed by atoms with Gasteiger partial charge in [-0.15, -0.1) is 0 Å². The molecule has 0 aliphatic rings. The molecule has 1 unspecified atom stereocenters. The zero-order chi connectivity index (χ0) is 14.4. The van der Waals surface area contributed by atoms with Crippen molar-refractivity contribution in [2.45, 2.75) is 26.3 Å². The second kappa shape index (κ2) is 6.99. The Kier molecular flexibility index (Phi) is 5.63. The largest absolute Gasteiger partial charge is 0.496 e. The molecule has 0 aliphatic heterocycles. The molecule has 0 heterocycles. The number of amides is 1. The van der Waals surface area contributed by atoms with Crippen LogP contribution in [0.4, 0.5) is 0 Å². The number of hydrogen-bond acceptors (Lipinski definition) is 4. The highest BCUT2D eigenvalue weighted by molar-refractivity contribution is 5.95. The number of aliphatic hydroxyl groups excluding tert-OH is 1. The number of aliphatic hydroxyl groups is 1. The topological polar surface area (TPSA) is 67.8 Å². The minimum atomic E-state index is -0.211. The van der Waals surface area contributed by atoms with Crippen molar-refractivity contribution < 1.29 is 19.4 Å². The van der Waals surface area contributed by atoms with Gasteiger partial charge in [0.15, 0.2) is 0 Å². The fraction of sp³-hybridized carbons (Fsp3) is 0.500. The average Bonchev–Trinajstić information content (AvgIpc) is 2.39. The van der Waals surface area contributed by atoms with Gasteiger partial charge in [0.05, 0.1) is 14.2 Å². The molecule has 0 bridgehead atoms. The van der Waals surface area contributed by atoms with E-state index in [2.05, 4.69) is 5.32 Å². The van der Waals surface area contributed by atoms with Crippen molar-refractivity contribution in [1.82, 2.24) is 5.32 Å². The summed E-state index contributed by atoms with van der Waals surface area (Å²) in [5, 5.41) is 11.6. The van der Waals surface area contributed by atoms with Crippen molar-refractivity contribution in [3.05, 3.63) is 23.3 Å². The summed E-state index contributed by atoms with van der Waals surface area (Å²) in [5.74, 6) is 1.01. The van der Waals surface area contributed by atoms with Crippen LogP contribution in [0.3, 0.4) is 0 Å². The van der Waals surface area contributed by atoms with Crippen LogP contribution in [-0.4, -0.2) is 37.9 Å². The number of ether oxygens (including phenoxy) is 2. The predicted octanol–water partition coefficient (Wildman–Crippen LogP) is 1.51. The van der Waals surface area contributed by atoms with Gasteiger partial charge in [-0.2, -0.15) is 0 Å². The molecule has 19 heavy (non-hydrogen) atoms. The Labute approximate surface area is 113 Å². The molecule has 1 atom stereocenters. The lowest BCUT2D eigenvalue weighted by molar-refractivity contribution is 0.0933. The third-order valence-electron chi connectivity index (χ3n) is 2.95. The van der Waals surface area contributed by atoms with Crippen LogP contribution in [-0.2, 0) is 0 Å². The second-order valence-electron chi connectivity index (χ2n) is 4.39. The quantitative estimate of drug-likeness (QED) is 0.820. The molecule has 1 aromatic rings. The molecule has 1 aromatic carbocycles. The highest BCUT2D eigenvalue weighted by Gasteiger charge is 2.15. The van der Waals surface area contributed by atoms with Crippen molar-refractivity contribution in [2.24, 2.45) is 0 Å². The molecule has 5 heteroatoms. The molecule has 1 rings (SSSR count). The van der Waals surface area contributed by atoms with Crippen LogP contribution in [0.25, 0.3) is 0 Å². The second-order valence-corrected chi connectivity index (χ2v) is 4.39. The highest BCUT2D eigenvalue weighted by Crippen LogP contribution is 2.29. The molecule has 0 fully saturated rings. The normalized spacial score (nSPS) is 11.8. The van der Waals surface area contributed by atoms with E-state index in [1.807, 2.05) is 13.8 Å². The third-order valence-corrected chi connectivity index (χ3v) is 2.95. The maximum atomic E-state index is 12.1. The summed E-state index contributed by atoms with van der Waals surface area (Å²) in [6.45, 7) is 3.76. The number of nitrogens with one attached hydrogen (secondary N) is 1. The molecule has 0 saturated carbocycles. The standard InChI is InChI=1S/C14H21NO4/c1-9(5-6-16)15-14(17)11-7-12(18-3)10(2)13(8-11)19-4/h7-9,16H,5-6H2,1-4H3,(H,15,17). The number of hydrogen-bond donors (Lipinski definition) is 2. The van der Waals surface area contributed by atoms with Gasteiger partial charge in [0.1, 0.15) is 11.5 Å². The maximum absolute atomic E-state index is 12.1. The lowest BCUT2D eigenvalue weighted by atomic mass is 10.1. The number of carbonyl (C=O) groups excluding carboxylic acids is 1. The smallest absolute Gasteiger partial charge is 0.251 e. The van der Waals surface area contributed by atoms with Crippen molar-refractivity contribution >= 4 is 5.91 Å². The zero-order valence-electron chi connectivity index (χ0n) is 11.8. The van der Waals surface area contributed by atoms with Crippen molar-refractivity contribution in [3.8, 4) is 11.5 Å². The lowest BCUT2D eigenvalue weighted by Crippen LogP contribution is -2.33. The van der Waals surface area contributed by atoms with Crippen molar-refractivity contribution in [3.63, 3.8) is 0 Å². The van der Waals surface area contributed by atoms with Crippen molar-refractivity contribution in [1.29, 1.82) is 0 Å². The number of rotatable bonds is 6. The van der Waals surface area contributed by atoms with Crippen LogP contribution >= 0.6 is 0 Å². The molecular formula is C14H21NO4. The first-order valence-corrected chi connectivity index (χ1v) is 6.17. The molecule has 0 aromatic heterocycles. The molecule has 0 spiro atoms. The Hall–Kier alpha value is -1.75. The van der Waals surface area contributed by atoms with E-state index in [1.54, 1.807) is 26.4 Å². The van der Waals surface area contributed by atoms with Crippen molar-refractivity contribution in [2.75, 3.05) is 20.8 Å².